The van der Waals surface area contributed by atoms with Crippen molar-refractivity contribution in [3.8, 4) is 17.0 Å². The quantitative estimate of drug-likeness (QED) is 0.722. The van der Waals surface area contributed by atoms with Crippen LogP contribution in [0.1, 0.15) is 11.5 Å². The summed E-state index contributed by atoms with van der Waals surface area (Å²) in [6, 6.07) is 9.39. The number of nitrogens with zero attached hydrogens (tertiary/aromatic N) is 3. The van der Waals surface area contributed by atoms with Crippen LogP contribution in [0.15, 0.2) is 50.2 Å². The van der Waals surface area contributed by atoms with Gasteiger partial charge in [0.05, 0.1) is 17.6 Å². The highest BCUT2D eigenvalue weighted by atomic mass is 32.1. The molecule has 3 aromatic rings. The monoisotopic (exact) mass is 368 g/mol. The summed E-state index contributed by atoms with van der Waals surface area (Å²) < 4.78 is 12.7. The van der Waals surface area contributed by atoms with E-state index in [1.54, 1.807) is 17.9 Å². The van der Waals surface area contributed by atoms with Crippen LogP contribution in [0.4, 0.5) is 5.69 Å². The molecule has 8 heteroatoms. The third-order valence-corrected chi connectivity index (χ3v) is 4.75. The van der Waals surface area contributed by atoms with E-state index in [-0.39, 0.29) is 12.5 Å². The van der Waals surface area contributed by atoms with Crippen LogP contribution in [0.5, 0.6) is 5.75 Å². The van der Waals surface area contributed by atoms with Gasteiger partial charge in [-0.25, -0.2) is 4.68 Å². The van der Waals surface area contributed by atoms with Gasteiger partial charge < -0.3 is 14.5 Å². The van der Waals surface area contributed by atoms with Gasteiger partial charge in [-0.05, 0) is 37.3 Å². The lowest BCUT2D eigenvalue weighted by atomic mass is 10.1. The zero-order valence-corrected chi connectivity index (χ0v) is 15.0. The Hall–Kier alpha value is -3.13. The van der Waals surface area contributed by atoms with Crippen molar-refractivity contribution < 1.29 is 13.9 Å². The number of furan rings is 1. The number of hydrogen-bond donors (Lipinski definition) is 1. The number of fused-ring (bicyclic) bond motifs is 1. The highest BCUT2D eigenvalue weighted by Crippen LogP contribution is 2.32. The molecule has 0 saturated carbocycles. The zero-order chi connectivity index (χ0) is 18.1. The van der Waals surface area contributed by atoms with Gasteiger partial charge in [-0.3, -0.25) is 9.79 Å². The number of thiazole rings is 1. The smallest absolute Gasteiger partial charge is 0.262 e. The number of rotatable bonds is 3. The Balaban J connectivity index is 1.76. The van der Waals surface area contributed by atoms with Crippen LogP contribution in [0.25, 0.3) is 11.3 Å². The average Bonchev–Trinajstić information content (AvgIpc) is 3.24. The van der Waals surface area contributed by atoms with Gasteiger partial charge in [0.2, 0.25) is 4.80 Å². The maximum atomic E-state index is 11.6. The first-order chi connectivity index (χ1) is 12.6. The lowest BCUT2D eigenvalue weighted by molar-refractivity contribution is -0.118. The molecule has 26 heavy (non-hydrogen) atoms. The van der Waals surface area contributed by atoms with Crippen LogP contribution in [-0.2, 0) is 4.79 Å². The molecule has 4 rings (SSSR count). The highest BCUT2D eigenvalue weighted by molar-refractivity contribution is 7.07. The summed E-state index contributed by atoms with van der Waals surface area (Å²) in [5.74, 6) is 1.99. The Labute approximate surface area is 153 Å². The Kier molecular flexibility index (Phi) is 4.18. The van der Waals surface area contributed by atoms with E-state index >= 15 is 0 Å². The standard InChI is InChI=1S/C18H16N4O3S/c1-11-3-5-13(25-11)8-20-22-15(10-26-18(22)19-2)12-4-6-16-14(7-12)21-17(23)9-24-16/h3-8,10H,9H2,1-2H3,(H,21,23). The molecule has 2 aromatic heterocycles. The molecule has 1 aromatic carbocycles. The molecular formula is C18H16N4O3S. The number of nitrogens with one attached hydrogen (secondary N) is 1. The van der Waals surface area contributed by atoms with Crippen molar-refractivity contribution in [2.75, 3.05) is 19.0 Å². The number of carbonyl (C=O) groups excluding carboxylic acids is 1. The zero-order valence-electron chi connectivity index (χ0n) is 14.2. The Morgan fingerprint density at radius 3 is 2.96 bits per heavy atom. The van der Waals surface area contributed by atoms with Crippen molar-refractivity contribution in [2.45, 2.75) is 6.92 Å². The minimum Gasteiger partial charge on any atom is -0.482 e. The fourth-order valence-electron chi connectivity index (χ4n) is 2.64. The van der Waals surface area contributed by atoms with E-state index in [0.717, 1.165) is 21.8 Å². The van der Waals surface area contributed by atoms with E-state index in [2.05, 4.69) is 15.4 Å². The fraction of sp³-hybridized carbons (Fsp3) is 0.167. The van der Waals surface area contributed by atoms with E-state index in [4.69, 9.17) is 9.15 Å². The Morgan fingerprint density at radius 2 is 2.19 bits per heavy atom. The molecule has 7 nitrogen and oxygen atoms in total. The predicted octanol–water partition coefficient (Wildman–Crippen LogP) is 2.86. The summed E-state index contributed by atoms with van der Waals surface area (Å²) in [5.41, 5.74) is 2.41. The van der Waals surface area contributed by atoms with Crippen molar-refractivity contribution >= 4 is 29.1 Å². The summed E-state index contributed by atoms with van der Waals surface area (Å²) in [6.45, 7) is 1.92. The molecule has 0 fully saturated rings. The van der Waals surface area contributed by atoms with Gasteiger partial charge in [-0.1, -0.05) is 0 Å². The van der Waals surface area contributed by atoms with Gasteiger partial charge in [0.1, 0.15) is 17.3 Å². The van der Waals surface area contributed by atoms with Crippen molar-refractivity contribution in [1.29, 1.82) is 0 Å². The van der Waals surface area contributed by atoms with Gasteiger partial charge in [-0.15, -0.1) is 11.3 Å². The van der Waals surface area contributed by atoms with Crippen LogP contribution in [0, 0.1) is 6.92 Å². The van der Waals surface area contributed by atoms with Gasteiger partial charge >= 0.3 is 0 Å². The molecular weight excluding hydrogens is 352 g/mol. The molecule has 3 heterocycles. The van der Waals surface area contributed by atoms with Crippen LogP contribution in [-0.4, -0.2) is 30.5 Å². The average molecular weight is 368 g/mol. The van der Waals surface area contributed by atoms with E-state index < -0.39 is 0 Å². The minimum absolute atomic E-state index is 0.0382. The van der Waals surface area contributed by atoms with Crippen LogP contribution in [0.3, 0.4) is 0 Å². The van der Waals surface area contributed by atoms with Gasteiger partial charge in [-0.2, -0.15) is 5.10 Å². The number of amides is 1. The molecule has 1 amide bonds. The minimum atomic E-state index is -0.164. The number of benzene rings is 1. The first-order valence-electron chi connectivity index (χ1n) is 7.95. The molecule has 1 N–H and O–H groups in total. The molecule has 0 spiro atoms. The van der Waals surface area contributed by atoms with E-state index in [1.165, 1.54) is 11.3 Å². The first-order valence-corrected chi connectivity index (χ1v) is 8.83. The lowest BCUT2D eigenvalue weighted by Crippen LogP contribution is -2.25. The van der Waals surface area contributed by atoms with Gasteiger partial charge in [0.15, 0.2) is 6.61 Å². The summed E-state index contributed by atoms with van der Waals surface area (Å²) in [4.78, 5) is 16.6. The topological polar surface area (TPSA) is 81.1 Å². The molecule has 1 aliphatic rings. The summed E-state index contributed by atoms with van der Waals surface area (Å²) in [7, 11) is 1.72. The maximum absolute atomic E-state index is 11.6. The maximum Gasteiger partial charge on any atom is 0.262 e. The summed E-state index contributed by atoms with van der Waals surface area (Å²) in [6.07, 6.45) is 1.65. The van der Waals surface area contributed by atoms with Gasteiger partial charge in [0, 0.05) is 18.0 Å². The number of carbonyl (C=O) groups is 1. The molecule has 0 atom stereocenters. The fourth-order valence-corrected chi connectivity index (χ4v) is 3.44. The first kappa shape index (κ1) is 16.3. The molecule has 0 radical (unpaired) electrons. The predicted molar refractivity (Wildman–Crippen MR) is 99.8 cm³/mol. The van der Waals surface area contributed by atoms with Crippen molar-refractivity contribution in [3.05, 3.63) is 52.0 Å². The van der Waals surface area contributed by atoms with Crippen molar-refractivity contribution in [3.63, 3.8) is 0 Å². The molecule has 0 unspecified atom stereocenters. The van der Waals surface area contributed by atoms with Crippen molar-refractivity contribution in [2.24, 2.45) is 10.1 Å². The van der Waals surface area contributed by atoms with Crippen LogP contribution in [0.2, 0.25) is 0 Å². The van der Waals surface area contributed by atoms with E-state index in [9.17, 15) is 4.79 Å². The lowest BCUT2D eigenvalue weighted by Gasteiger charge is -2.18. The second-order valence-electron chi connectivity index (χ2n) is 5.68. The van der Waals surface area contributed by atoms with E-state index in [0.29, 0.717) is 17.2 Å². The number of anilines is 1. The molecule has 132 valence electrons. The second kappa shape index (κ2) is 6.64. The molecule has 1 aliphatic heterocycles. The number of ether oxygens (including phenoxy) is 1. The van der Waals surface area contributed by atoms with Crippen LogP contribution >= 0.6 is 11.3 Å². The summed E-state index contributed by atoms with van der Waals surface area (Å²) >= 11 is 1.48. The molecule has 0 bridgehead atoms. The van der Waals surface area contributed by atoms with Crippen LogP contribution < -0.4 is 14.9 Å². The molecule has 0 aliphatic carbocycles. The summed E-state index contributed by atoms with van der Waals surface area (Å²) in [5, 5.41) is 9.32. The SMILES string of the molecule is CN=c1scc(-c2ccc3c(c2)NC(=O)CO3)n1N=Cc1ccc(C)o1. The normalized spacial score (nSPS) is 14.4. The Bertz CT molecular complexity index is 1070. The Morgan fingerprint density at radius 1 is 1.31 bits per heavy atom. The second-order valence-corrected chi connectivity index (χ2v) is 6.52. The van der Waals surface area contributed by atoms with Gasteiger partial charge in [0.25, 0.3) is 5.91 Å². The van der Waals surface area contributed by atoms with E-state index in [1.807, 2.05) is 42.6 Å². The highest BCUT2D eigenvalue weighted by Gasteiger charge is 2.17. The number of aryl methyl sites for hydroxylation is 1. The van der Waals surface area contributed by atoms with Crippen molar-refractivity contribution in [1.82, 2.24) is 4.68 Å². The number of hydrogen-bond acceptors (Lipinski definition) is 6. The largest absolute Gasteiger partial charge is 0.482 e. The number of aromatic nitrogens is 1. The molecule has 0 saturated heterocycles. The third kappa shape index (κ3) is 3.06. The third-order valence-electron chi connectivity index (χ3n) is 3.85.